The Morgan fingerprint density at radius 3 is 2.36 bits per heavy atom. The van der Waals surface area contributed by atoms with Crippen molar-refractivity contribution in [2.75, 3.05) is 19.7 Å². The van der Waals surface area contributed by atoms with E-state index >= 15 is 0 Å². The van der Waals surface area contributed by atoms with Gasteiger partial charge in [-0.2, -0.15) is 0 Å². The summed E-state index contributed by atoms with van der Waals surface area (Å²) in [7, 11) is 0. The molecule has 0 aromatic heterocycles. The number of ether oxygens (including phenoxy) is 2. The third-order valence-electron chi connectivity index (χ3n) is 3.86. The molecule has 22 heavy (non-hydrogen) atoms. The van der Waals surface area contributed by atoms with Gasteiger partial charge in [0.15, 0.2) is 0 Å². The first-order valence-electron chi connectivity index (χ1n) is 7.74. The molecule has 0 radical (unpaired) electrons. The molecule has 1 aliphatic heterocycles. The first kappa shape index (κ1) is 16.3. The summed E-state index contributed by atoms with van der Waals surface area (Å²) in [5.74, 6) is -0.253. The molecule has 120 valence electrons. The molecule has 0 unspecified atom stereocenters. The van der Waals surface area contributed by atoms with E-state index < -0.39 is 0 Å². The van der Waals surface area contributed by atoms with Crippen LogP contribution in [-0.4, -0.2) is 36.7 Å². The number of hydrogen-bond acceptors (Lipinski definition) is 4. The van der Waals surface area contributed by atoms with E-state index in [1.807, 2.05) is 31.2 Å². The summed E-state index contributed by atoms with van der Waals surface area (Å²) in [6, 6.07) is 7.90. The zero-order valence-corrected chi connectivity index (χ0v) is 13.2. The van der Waals surface area contributed by atoms with Gasteiger partial charge in [0.1, 0.15) is 6.61 Å². The third kappa shape index (κ3) is 4.48. The summed E-state index contributed by atoms with van der Waals surface area (Å²) < 4.78 is 10.3. The fourth-order valence-corrected chi connectivity index (χ4v) is 2.48. The van der Waals surface area contributed by atoms with Crippen LogP contribution in [0.3, 0.4) is 0 Å². The van der Waals surface area contributed by atoms with Crippen molar-refractivity contribution in [1.82, 2.24) is 4.90 Å². The van der Waals surface area contributed by atoms with E-state index in [2.05, 4.69) is 0 Å². The molecule has 5 heteroatoms. The molecule has 0 spiro atoms. The zero-order chi connectivity index (χ0) is 15.9. The maximum absolute atomic E-state index is 12.0. The van der Waals surface area contributed by atoms with Crippen LogP contribution < -0.4 is 0 Å². The largest absolute Gasteiger partial charge is 0.466 e. The molecular weight excluding hydrogens is 282 g/mol. The molecule has 2 rings (SSSR count). The van der Waals surface area contributed by atoms with Gasteiger partial charge < -0.3 is 14.4 Å². The Balaban J connectivity index is 1.75. The summed E-state index contributed by atoms with van der Waals surface area (Å²) in [6.07, 6.45) is 0.958. The summed E-state index contributed by atoms with van der Waals surface area (Å²) in [4.78, 5) is 25.3. The average molecular weight is 305 g/mol. The van der Waals surface area contributed by atoms with Gasteiger partial charge in [-0.25, -0.2) is 4.79 Å². The molecule has 1 aromatic carbocycles. The molecule has 1 heterocycles. The van der Waals surface area contributed by atoms with Crippen molar-refractivity contribution in [3.8, 4) is 0 Å². The molecule has 1 fully saturated rings. The number of aryl methyl sites for hydroxylation is 1. The number of amides is 1. The quantitative estimate of drug-likeness (QED) is 0.803. The van der Waals surface area contributed by atoms with E-state index in [1.165, 1.54) is 5.56 Å². The molecule has 0 saturated carbocycles. The van der Waals surface area contributed by atoms with Crippen molar-refractivity contribution in [3.05, 3.63) is 35.4 Å². The Morgan fingerprint density at radius 1 is 1.14 bits per heavy atom. The van der Waals surface area contributed by atoms with Crippen molar-refractivity contribution in [2.24, 2.45) is 5.92 Å². The van der Waals surface area contributed by atoms with E-state index in [-0.39, 0.29) is 24.6 Å². The first-order chi connectivity index (χ1) is 10.6. The number of rotatable bonds is 4. The smallest absolute Gasteiger partial charge is 0.410 e. The van der Waals surface area contributed by atoms with E-state index in [1.54, 1.807) is 11.8 Å². The molecular formula is C17H23NO4. The van der Waals surface area contributed by atoms with Gasteiger partial charge in [-0.05, 0) is 32.3 Å². The molecule has 1 saturated heterocycles. The molecule has 0 bridgehead atoms. The Bertz CT molecular complexity index is 504. The predicted molar refractivity (Wildman–Crippen MR) is 82.3 cm³/mol. The second-order valence-corrected chi connectivity index (χ2v) is 5.55. The molecule has 0 N–H and O–H groups in total. The van der Waals surface area contributed by atoms with Gasteiger partial charge in [-0.1, -0.05) is 29.8 Å². The van der Waals surface area contributed by atoms with Gasteiger partial charge in [0.2, 0.25) is 0 Å². The zero-order valence-electron chi connectivity index (χ0n) is 13.2. The Hall–Kier alpha value is -2.04. The minimum Gasteiger partial charge on any atom is -0.466 e. The van der Waals surface area contributed by atoms with E-state index in [0.717, 1.165) is 5.56 Å². The third-order valence-corrected chi connectivity index (χ3v) is 3.86. The van der Waals surface area contributed by atoms with Crippen molar-refractivity contribution in [1.29, 1.82) is 0 Å². The van der Waals surface area contributed by atoms with Gasteiger partial charge in [-0.15, -0.1) is 0 Å². The van der Waals surface area contributed by atoms with Crippen LogP contribution in [-0.2, 0) is 20.9 Å². The molecule has 1 aromatic rings. The number of carbonyl (C=O) groups is 2. The highest BCUT2D eigenvalue weighted by atomic mass is 16.6. The number of likely N-dealkylation sites (tertiary alicyclic amines) is 1. The first-order valence-corrected chi connectivity index (χ1v) is 7.74. The molecule has 1 aliphatic rings. The average Bonchev–Trinajstić information content (AvgIpc) is 2.54. The van der Waals surface area contributed by atoms with E-state index in [4.69, 9.17) is 9.47 Å². The molecule has 1 amide bonds. The number of carbonyl (C=O) groups excluding carboxylic acids is 2. The summed E-state index contributed by atoms with van der Waals surface area (Å²) in [5.41, 5.74) is 2.15. The van der Waals surface area contributed by atoms with Crippen LogP contribution in [0.2, 0.25) is 0 Å². The lowest BCUT2D eigenvalue weighted by Crippen LogP contribution is -2.40. The van der Waals surface area contributed by atoms with Gasteiger partial charge in [0.05, 0.1) is 12.5 Å². The summed E-state index contributed by atoms with van der Waals surface area (Å²) in [5, 5.41) is 0. The van der Waals surface area contributed by atoms with Crippen molar-refractivity contribution < 1.29 is 19.1 Å². The molecule has 0 aliphatic carbocycles. The van der Waals surface area contributed by atoms with Crippen LogP contribution >= 0.6 is 0 Å². The fraction of sp³-hybridized carbons (Fsp3) is 0.529. The lowest BCUT2D eigenvalue weighted by Gasteiger charge is -2.30. The van der Waals surface area contributed by atoms with Gasteiger partial charge in [0.25, 0.3) is 0 Å². The van der Waals surface area contributed by atoms with E-state index in [0.29, 0.717) is 32.5 Å². The van der Waals surface area contributed by atoms with E-state index in [9.17, 15) is 9.59 Å². The standard InChI is InChI=1S/C17H23NO4/c1-3-21-16(19)15-8-10-18(11-9-15)17(20)22-12-14-6-4-13(2)5-7-14/h4-7,15H,3,8-12H2,1-2H3. The number of hydrogen-bond donors (Lipinski definition) is 0. The van der Waals surface area contributed by atoms with Crippen molar-refractivity contribution in [2.45, 2.75) is 33.3 Å². The predicted octanol–water partition coefficient (Wildman–Crippen LogP) is 2.91. The van der Waals surface area contributed by atoms with Crippen LogP contribution in [0.25, 0.3) is 0 Å². The second kappa shape index (κ2) is 7.82. The van der Waals surface area contributed by atoms with Crippen LogP contribution in [0.15, 0.2) is 24.3 Å². The number of benzene rings is 1. The topological polar surface area (TPSA) is 55.8 Å². The maximum atomic E-state index is 12.0. The highest BCUT2D eigenvalue weighted by Gasteiger charge is 2.28. The van der Waals surface area contributed by atoms with Gasteiger partial charge in [-0.3, -0.25) is 4.79 Å². The van der Waals surface area contributed by atoms with Crippen LogP contribution in [0, 0.1) is 12.8 Å². The Labute approximate surface area is 131 Å². The Morgan fingerprint density at radius 2 is 1.77 bits per heavy atom. The normalized spacial score (nSPS) is 15.5. The minimum atomic E-state index is -0.317. The van der Waals surface area contributed by atoms with Crippen molar-refractivity contribution in [3.63, 3.8) is 0 Å². The number of esters is 1. The highest BCUT2D eigenvalue weighted by Crippen LogP contribution is 2.19. The van der Waals surface area contributed by atoms with Gasteiger partial charge in [0, 0.05) is 13.1 Å². The highest BCUT2D eigenvalue weighted by molar-refractivity contribution is 5.73. The number of nitrogens with zero attached hydrogens (tertiary/aromatic N) is 1. The number of piperidine rings is 1. The minimum absolute atomic E-state index is 0.0962. The van der Waals surface area contributed by atoms with Crippen LogP contribution in [0.5, 0.6) is 0 Å². The maximum Gasteiger partial charge on any atom is 0.410 e. The van der Waals surface area contributed by atoms with Crippen LogP contribution in [0.4, 0.5) is 4.79 Å². The molecule has 0 atom stereocenters. The summed E-state index contributed by atoms with van der Waals surface area (Å²) >= 11 is 0. The molecule has 5 nitrogen and oxygen atoms in total. The van der Waals surface area contributed by atoms with Gasteiger partial charge >= 0.3 is 12.1 Å². The lowest BCUT2D eigenvalue weighted by atomic mass is 9.97. The van der Waals surface area contributed by atoms with Crippen molar-refractivity contribution >= 4 is 12.1 Å². The lowest BCUT2D eigenvalue weighted by molar-refractivity contribution is -0.149. The summed E-state index contributed by atoms with van der Waals surface area (Å²) in [6.45, 7) is 5.57. The Kier molecular flexibility index (Phi) is 5.81. The monoisotopic (exact) mass is 305 g/mol. The van der Waals surface area contributed by atoms with Crippen LogP contribution in [0.1, 0.15) is 30.9 Å². The second-order valence-electron chi connectivity index (χ2n) is 5.55. The fourth-order valence-electron chi connectivity index (χ4n) is 2.48. The SMILES string of the molecule is CCOC(=O)C1CCN(C(=O)OCc2ccc(C)cc2)CC1.